The normalized spacial score (nSPS) is 15.2. The molecule has 1 aromatic carbocycles. The van der Waals surface area contributed by atoms with Gasteiger partial charge >= 0.3 is 0 Å². The maximum atomic E-state index is 12.6. The molecule has 0 aliphatic carbocycles. The Hall–Kier alpha value is -2.86. The minimum atomic E-state index is -0.0229. The van der Waals surface area contributed by atoms with Crippen molar-refractivity contribution in [3.05, 3.63) is 55.0 Å². The van der Waals surface area contributed by atoms with Gasteiger partial charge < -0.3 is 14.5 Å². The lowest BCUT2D eigenvalue weighted by Gasteiger charge is -2.21. The van der Waals surface area contributed by atoms with Crippen LogP contribution < -0.4 is 5.32 Å². The number of ether oxygens (including phenoxy) is 1. The van der Waals surface area contributed by atoms with E-state index in [1.165, 1.54) is 0 Å². The predicted molar refractivity (Wildman–Crippen MR) is 93.4 cm³/mol. The van der Waals surface area contributed by atoms with E-state index in [4.69, 9.17) is 9.15 Å². The zero-order valence-corrected chi connectivity index (χ0v) is 13.7. The van der Waals surface area contributed by atoms with Crippen molar-refractivity contribution < 1.29 is 13.9 Å². The molecule has 2 aromatic heterocycles. The van der Waals surface area contributed by atoms with Crippen LogP contribution >= 0.6 is 0 Å². The smallest absolute Gasteiger partial charge is 0.228 e. The van der Waals surface area contributed by atoms with Crippen LogP contribution in [0.1, 0.15) is 12.8 Å². The highest BCUT2D eigenvalue weighted by molar-refractivity contribution is 5.92. The van der Waals surface area contributed by atoms with Crippen molar-refractivity contribution in [2.75, 3.05) is 18.5 Å². The molecular formula is C19H19N3O3. The monoisotopic (exact) mass is 337 g/mol. The largest absolute Gasteiger partial charge is 0.472 e. The minimum Gasteiger partial charge on any atom is -0.472 e. The Labute approximate surface area is 145 Å². The van der Waals surface area contributed by atoms with Crippen LogP contribution in [0, 0.1) is 5.92 Å². The maximum Gasteiger partial charge on any atom is 0.228 e. The molecule has 0 spiro atoms. The van der Waals surface area contributed by atoms with Crippen LogP contribution in [0.5, 0.6) is 0 Å². The Morgan fingerprint density at radius 1 is 1.16 bits per heavy atom. The molecule has 0 bridgehead atoms. The summed E-state index contributed by atoms with van der Waals surface area (Å²) in [6.45, 7) is 1.27. The van der Waals surface area contributed by atoms with E-state index < -0.39 is 0 Å². The highest BCUT2D eigenvalue weighted by Crippen LogP contribution is 2.26. The van der Waals surface area contributed by atoms with Crippen LogP contribution in [-0.2, 0) is 9.53 Å². The van der Waals surface area contributed by atoms with Gasteiger partial charge in [0.15, 0.2) is 0 Å². The summed E-state index contributed by atoms with van der Waals surface area (Å²) in [5.41, 5.74) is 2.51. The standard InChI is InChI=1S/C19H19N3O3/c23-19(14-6-9-24-10-7-14)20-18-12-17(15-8-11-25-13-15)21-22(18)16-4-2-1-3-5-16/h1-5,8,11-14H,6-7,9-10H2,(H,20,23). The number of carbonyl (C=O) groups is 1. The predicted octanol–water partition coefficient (Wildman–Crippen LogP) is 3.50. The molecule has 0 atom stereocenters. The number of benzene rings is 1. The molecule has 0 unspecified atom stereocenters. The summed E-state index contributed by atoms with van der Waals surface area (Å²) in [6, 6.07) is 13.5. The van der Waals surface area contributed by atoms with E-state index in [1.54, 1.807) is 17.2 Å². The minimum absolute atomic E-state index is 0.0131. The number of para-hydroxylation sites is 1. The third-order valence-corrected chi connectivity index (χ3v) is 4.37. The van der Waals surface area contributed by atoms with Crippen LogP contribution in [0.25, 0.3) is 16.9 Å². The molecule has 6 heteroatoms. The molecule has 6 nitrogen and oxygen atoms in total. The molecule has 0 saturated carbocycles. The van der Waals surface area contributed by atoms with Gasteiger partial charge in [0.25, 0.3) is 0 Å². The first-order valence-corrected chi connectivity index (χ1v) is 8.38. The SMILES string of the molecule is O=C(Nc1cc(-c2ccoc2)nn1-c1ccccc1)C1CCOCC1. The quantitative estimate of drug-likeness (QED) is 0.791. The van der Waals surface area contributed by atoms with E-state index in [2.05, 4.69) is 10.4 Å². The maximum absolute atomic E-state index is 12.6. The summed E-state index contributed by atoms with van der Waals surface area (Å²) < 4.78 is 12.2. The highest BCUT2D eigenvalue weighted by Gasteiger charge is 2.23. The average Bonchev–Trinajstić information content (AvgIpc) is 3.33. The fraction of sp³-hybridized carbons (Fsp3) is 0.263. The molecule has 1 saturated heterocycles. The van der Waals surface area contributed by atoms with Gasteiger partial charge in [0.2, 0.25) is 5.91 Å². The lowest BCUT2D eigenvalue weighted by molar-refractivity contribution is -0.122. The molecule has 3 aromatic rings. The third-order valence-electron chi connectivity index (χ3n) is 4.37. The Kier molecular flexibility index (Phi) is 4.35. The van der Waals surface area contributed by atoms with Gasteiger partial charge in [-0.05, 0) is 31.0 Å². The van der Waals surface area contributed by atoms with E-state index in [9.17, 15) is 4.79 Å². The number of hydrogen-bond acceptors (Lipinski definition) is 4. The van der Waals surface area contributed by atoms with Crippen molar-refractivity contribution in [1.29, 1.82) is 0 Å². The van der Waals surface area contributed by atoms with Crippen LogP contribution in [0.3, 0.4) is 0 Å². The Balaban J connectivity index is 1.66. The van der Waals surface area contributed by atoms with Crippen LogP contribution in [0.4, 0.5) is 5.82 Å². The zero-order valence-electron chi connectivity index (χ0n) is 13.7. The lowest BCUT2D eigenvalue weighted by atomic mass is 9.99. The number of carbonyl (C=O) groups excluding carboxylic acids is 1. The van der Waals surface area contributed by atoms with Crippen molar-refractivity contribution >= 4 is 11.7 Å². The number of nitrogens with zero attached hydrogens (tertiary/aromatic N) is 2. The van der Waals surface area contributed by atoms with Gasteiger partial charge in [0.05, 0.1) is 23.9 Å². The molecule has 1 N–H and O–H groups in total. The van der Waals surface area contributed by atoms with E-state index in [0.29, 0.717) is 19.0 Å². The number of nitrogens with one attached hydrogen (secondary N) is 1. The number of anilines is 1. The van der Waals surface area contributed by atoms with Crippen LogP contribution in [0.15, 0.2) is 59.4 Å². The molecule has 1 aliphatic rings. The second-order valence-electron chi connectivity index (χ2n) is 6.05. The van der Waals surface area contributed by atoms with Gasteiger partial charge in [-0.15, -0.1) is 0 Å². The van der Waals surface area contributed by atoms with Crippen molar-refractivity contribution in [3.8, 4) is 16.9 Å². The molecular weight excluding hydrogens is 318 g/mol. The topological polar surface area (TPSA) is 69.3 Å². The van der Waals surface area contributed by atoms with E-state index in [1.807, 2.05) is 42.5 Å². The number of rotatable bonds is 4. The van der Waals surface area contributed by atoms with Crippen molar-refractivity contribution in [1.82, 2.24) is 9.78 Å². The van der Waals surface area contributed by atoms with Gasteiger partial charge in [0, 0.05) is 30.8 Å². The van der Waals surface area contributed by atoms with Gasteiger partial charge in [-0.2, -0.15) is 5.10 Å². The molecule has 4 rings (SSSR count). The molecule has 1 amide bonds. The second-order valence-corrected chi connectivity index (χ2v) is 6.05. The van der Waals surface area contributed by atoms with Crippen LogP contribution in [-0.4, -0.2) is 28.9 Å². The van der Waals surface area contributed by atoms with Crippen molar-refractivity contribution in [2.45, 2.75) is 12.8 Å². The average molecular weight is 337 g/mol. The number of furan rings is 1. The fourth-order valence-corrected chi connectivity index (χ4v) is 2.98. The first-order chi connectivity index (χ1) is 12.3. The van der Waals surface area contributed by atoms with Crippen molar-refractivity contribution in [3.63, 3.8) is 0 Å². The number of hydrogen-bond donors (Lipinski definition) is 1. The molecule has 1 aliphatic heterocycles. The Morgan fingerprint density at radius 2 is 1.96 bits per heavy atom. The van der Waals surface area contributed by atoms with Crippen molar-refractivity contribution in [2.24, 2.45) is 5.92 Å². The van der Waals surface area contributed by atoms with Gasteiger partial charge in [0.1, 0.15) is 5.82 Å². The summed E-state index contributed by atoms with van der Waals surface area (Å²) in [5, 5.41) is 7.67. The first kappa shape index (κ1) is 15.7. The summed E-state index contributed by atoms with van der Waals surface area (Å²) in [4.78, 5) is 12.6. The lowest BCUT2D eigenvalue weighted by Crippen LogP contribution is -2.29. The van der Waals surface area contributed by atoms with E-state index in [-0.39, 0.29) is 11.8 Å². The number of aromatic nitrogens is 2. The Morgan fingerprint density at radius 3 is 2.68 bits per heavy atom. The third kappa shape index (κ3) is 3.34. The molecule has 1 fully saturated rings. The molecule has 25 heavy (non-hydrogen) atoms. The van der Waals surface area contributed by atoms with E-state index in [0.717, 1.165) is 29.8 Å². The van der Waals surface area contributed by atoms with Crippen LogP contribution in [0.2, 0.25) is 0 Å². The van der Waals surface area contributed by atoms with Gasteiger partial charge in [-0.3, -0.25) is 4.79 Å². The Bertz CT molecular complexity index is 834. The first-order valence-electron chi connectivity index (χ1n) is 8.38. The molecule has 3 heterocycles. The highest BCUT2D eigenvalue weighted by atomic mass is 16.5. The molecule has 128 valence electrons. The van der Waals surface area contributed by atoms with Gasteiger partial charge in [-0.1, -0.05) is 18.2 Å². The molecule has 0 radical (unpaired) electrons. The fourth-order valence-electron chi connectivity index (χ4n) is 2.98. The second kappa shape index (κ2) is 6.94. The van der Waals surface area contributed by atoms with E-state index >= 15 is 0 Å². The zero-order chi connectivity index (χ0) is 17.1. The summed E-state index contributed by atoms with van der Waals surface area (Å²) >= 11 is 0. The summed E-state index contributed by atoms with van der Waals surface area (Å²) in [5.74, 6) is 0.642. The number of amides is 1. The summed E-state index contributed by atoms with van der Waals surface area (Å²) in [6.07, 6.45) is 4.75. The summed E-state index contributed by atoms with van der Waals surface area (Å²) in [7, 11) is 0. The van der Waals surface area contributed by atoms with Gasteiger partial charge in [-0.25, -0.2) is 4.68 Å².